The molecule has 1 amide bonds. The number of pyridine rings is 1. The van der Waals surface area contributed by atoms with Crippen molar-refractivity contribution in [3.8, 4) is 0 Å². The first kappa shape index (κ1) is 18.5. The van der Waals surface area contributed by atoms with Crippen LogP contribution in [0.5, 0.6) is 0 Å². The van der Waals surface area contributed by atoms with E-state index in [4.69, 9.17) is 4.52 Å². The van der Waals surface area contributed by atoms with Gasteiger partial charge in [0.25, 0.3) is 11.6 Å². The highest BCUT2D eigenvalue weighted by Crippen LogP contribution is 2.41. The van der Waals surface area contributed by atoms with Crippen molar-refractivity contribution < 1.29 is 9.32 Å². The molecule has 0 fully saturated rings. The van der Waals surface area contributed by atoms with Crippen LogP contribution in [0.3, 0.4) is 0 Å². The summed E-state index contributed by atoms with van der Waals surface area (Å²) in [7, 11) is 0. The molecular formula is C22H21N3O2S2. The van der Waals surface area contributed by atoms with E-state index in [1.165, 1.54) is 15.3 Å². The summed E-state index contributed by atoms with van der Waals surface area (Å²) in [5.41, 5.74) is 3.87. The summed E-state index contributed by atoms with van der Waals surface area (Å²) in [4.78, 5) is 23.1. The Hall–Kier alpha value is -2.51. The lowest BCUT2D eigenvalue weighted by Gasteiger charge is -2.35. The second kappa shape index (κ2) is 7.07. The zero-order chi connectivity index (χ0) is 20.1. The number of hydrogen-bond acceptors (Lipinski definition) is 6. The summed E-state index contributed by atoms with van der Waals surface area (Å²) in [6.45, 7) is 6.70. The molecule has 1 aliphatic rings. The van der Waals surface area contributed by atoms with Gasteiger partial charge < -0.3 is 9.42 Å². The molecule has 0 spiro atoms. The number of carbonyl (C=O) groups is 1. The molecule has 0 aliphatic carbocycles. The fraction of sp³-hybridized carbons (Fsp3) is 0.318. The summed E-state index contributed by atoms with van der Waals surface area (Å²) in [6, 6.07) is 8.21. The average molecular weight is 424 g/mol. The van der Waals surface area contributed by atoms with Gasteiger partial charge in [0.1, 0.15) is 0 Å². The van der Waals surface area contributed by atoms with Crippen LogP contribution >= 0.6 is 22.7 Å². The van der Waals surface area contributed by atoms with Crippen LogP contribution < -0.4 is 0 Å². The predicted octanol–water partition coefficient (Wildman–Crippen LogP) is 5.57. The zero-order valence-electron chi connectivity index (χ0n) is 16.5. The van der Waals surface area contributed by atoms with E-state index in [0.717, 1.165) is 17.5 Å². The monoisotopic (exact) mass is 423 g/mol. The number of amides is 1. The van der Waals surface area contributed by atoms with Gasteiger partial charge in [-0.25, -0.2) is 4.98 Å². The zero-order valence-corrected chi connectivity index (χ0v) is 18.1. The Morgan fingerprint density at radius 1 is 1.28 bits per heavy atom. The summed E-state index contributed by atoms with van der Waals surface area (Å²) in [5, 5.41) is 9.00. The van der Waals surface area contributed by atoms with Crippen LogP contribution in [-0.4, -0.2) is 27.5 Å². The Kier molecular flexibility index (Phi) is 4.52. The van der Waals surface area contributed by atoms with Crippen molar-refractivity contribution in [2.45, 2.75) is 39.2 Å². The minimum absolute atomic E-state index is 0.0147. The van der Waals surface area contributed by atoms with E-state index < -0.39 is 0 Å². The van der Waals surface area contributed by atoms with Gasteiger partial charge in [-0.1, -0.05) is 25.1 Å². The smallest absolute Gasteiger partial charge is 0.259 e. The summed E-state index contributed by atoms with van der Waals surface area (Å²) in [6.07, 6.45) is 0.883. The Balaban J connectivity index is 1.66. The number of aryl methyl sites for hydroxylation is 1. The molecule has 1 unspecified atom stereocenters. The second-order valence-electron chi connectivity index (χ2n) is 7.66. The van der Waals surface area contributed by atoms with Crippen LogP contribution in [0.1, 0.15) is 62.9 Å². The number of nitrogens with zero attached hydrogens (tertiary/aromatic N) is 3. The van der Waals surface area contributed by atoms with Crippen LogP contribution in [-0.2, 0) is 6.42 Å². The van der Waals surface area contributed by atoms with Gasteiger partial charge in [0.2, 0.25) is 0 Å². The predicted molar refractivity (Wildman–Crippen MR) is 116 cm³/mol. The minimum Gasteiger partial charge on any atom is -0.336 e. The molecule has 1 aliphatic heterocycles. The van der Waals surface area contributed by atoms with Crippen LogP contribution in [0, 0.1) is 6.92 Å². The number of hydrogen-bond donors (Lipinski definition) is 0. The maximum absolute atomic E-state index is 13.9. The molecule has 5 nitrogen and oxygen atoms in total. The molecule has 0 aromatic carbocycles. The molecule has 1 atom stereocenters. The number of fused-ring (bicyclic) bond motifs is 2. The highest BCUT2D eigenvalue weighted by molar-refractivity contribution is 7.10. The maximum atomic E-state index is 13.9. The summed E-state index contributed by atoms with van der Waals surface area (Å²) in [5.74, 6) is 0.204. The van der Waals surface area contributed by atoms with Gasteiger partial charge in [-0.2, -0.15) is 0 Å². The van der Waals surface area contributed by atoms with E-state index in [1.807, 2.05) is 17.9 Å². The molecule has 0 N–H and O–H groups in total. The fourth-order valence-electron chi connectivity index (χ4n) is 4.02. The van der Waals surface area contributed by atoms with Crippen LogP contribution in [0.25, 0.3) is 11.1 Å². The van der Waals surface area contributed by atoms with E-state index in [9.17, 15) is 4.79 Å². The molecule has 148 valence electrons. The summed E-state index contributed by atoms with van der Waals surface area (Å²) >= 11 is 3.48. The molecule has 7 heteroatoms. The van der Waals surface area contributed by atoms with Gasteiger partial charge in [0, 0.05) is 22.0 Å². The van der Waals surface area contributed by atoms with E-state index in [0.29, 0.717) is 23.5 Å². The van der Waals surface area contributed by atoms with Crippen LogP contribution in [0.4, 0.5) is 0 Å². The van der Waals surface area contributed by atoms with Crippen LogP contribution in [0.2, 0.25) is 0 Å². The molecule has 0 saturated carbocycles. The summed E-state index contributed by atoms with van der Waals surface area (Å²) < 4.78 is 5.43. The van der Waals surface area contributed by atoms with Gasteiger partial charge >= 0.3 is 0 Å². The molecule has 0 saturated heterocycles. The Morgan fingerprint density at radius 2 is 2.14 bits per heavy atom. The third kappa shape index (κ3) is 3.00. The van der Waals surface area contributed by atoms with E-state index in [1.54, 1.807) is 22.7 Å². The number of thiophene rings is 2. The van der Waals surface area contributed by atoms with Gasteiger partial charge in [-0.3, -0.25) is 4.79 Å². The molecule has 0 radical (unpaired) electrons. The molecule has 4 aromatic rings. The van der Waals surface area contributed by atoms with Gasteiger partial charge in [0.05, 0.1) is 22.7 Å². The number of carbonyl (C=O) groups excluding carboxylic acids is 1. The van der Waals surface area contributed by atoms with Gasteiger partial charge in [-0.15, -0.1) is 22.7 Å². The Labute approximate surface area is 177 Å². The van der Waals surface area contributed by atoms with Gasteiger partial charge in [-0.05, 0) is 53.8 Å². The van der Waals surface area contributed by atoms with Crippen LogP contribution in [0.15, 0.2) is 39.5 Å². The SMILES string of the molecule is Cc1noc2nc(C(C)C)cc(C(=O)N3CCc4sccc4C3c3cccs3)c12. The fourth-order valence-corrected chi connectivity index (χ4v) is 5.78. The first-order valence-corrected chi connectivity index (χ1v) is 11.5. The third-order valence-electron chi connectivity index (χ3n) is 5.50. The lowest BCUT2D eigenvalue weighted by Crippen LogP contribution is -2.40. The molecule has 5 rings (SSSR count). The third-order valence-corrected chi connectivity index (χ3v) is 7.42. The first-order valence-electron chi connectivity index (χ1n) is 9.72. The molecule has 5 heterocycles. The van der Waals surface area contributed by atoms with E-state index >= 15 is 0 Å². The Bertz CT molecular complexity index is 1190. The van der Waals surface area contributed by atoms with Crippen molar-refractivity contribution in [1.82, 2.24) is 15.0 Å². The largest absolute Gasteiger partial charge is 0.336 e. The van der Waals surface area contributed by atoms with E-state index in [2.05, 4.69) is 52.9 Å². The van der Waals surface area contributed by atoms with Crippen molar-refractivity contribution in [2.24, 2.45) is 0 Å². The van der Waals surface area contributed by atoms with Crippen molar-refractivity contribution in [3.63, 3.8) is 0 Å². The molecular weight excluding hydrogens is 402 g/mol. The van der Waals surface area contributed by atoms with Gasteiger partial charge in [0.15, 0.2) is 0 Å². The quantitative estimate of drug-likeness (QED) is 0.432. The minimum atomic E-state index is -0.0524. The topological polar surface area (TPSA) is 59.2 Å². The molecule has 29 heavy (non-hydrogen) atoms. The normalized spacial score (nSPS) is 16.6. The Morgan fingerprint density at radius 3 is 2.90 bits per heavy atom. The van der Waals surface area contributed by atoms with E-state index in [-0.39, 0.29) is 17.9 Å². The standard InChI is InChI=1S/C22H21N3O2S2/c1-12(2)16-11-15(19-13(3)24-27-21(19)23-16)22(26)25-8-6-17-14(7-10-29-17)20(25)18-5-4-9-28-18/h4-5,7,9-12,20H,6,8H2,1-3H3. The number of rotatable bonds is 3. The van der Waals surface area contributed by atoms with Crippen molar-refractivity contribution in [3.05, 3.63) is 67.3 Å². The van der Waals surface area contributed by atoms with Crippen molar-refractivity contribution >= 4 is 39.7 Å². The first-order chi connectivity index (χ1) is 14.0. The second-order valence-corrected chi connectivity index (χ2v) is 9.64. The lowest BCUT2D eigenvalue weighted by molar-refractivity contribution is 0.0700. The highest BCUT2D eigenvalue weighted by atomic mass is 32.1. The highest BCUT2D eigenvalue weighted by Gasteiger charge is 2.35. The maximum Gasteiger partial charge on any atom is 0.259 e. The van der Waals surface area contributed by atoms with Crippen molar-refractivity contribution in [1.29, 1.82) is 0 Å². The number of aromatic nitrogens is 2. The molecule has 4 aromatic heterocycles. The average Bonchev–Trinajstić information content (AvgIpc) is 3.47. The molecule has 0 bridgehead atoms. The lowest BCUT2D eigenvalue weighted by atomic mass is 9.96. The van der Waals surface area contributed by atoms with Crippen molar-refractivity contribution in [2.75, 3.05) is 6.54 Å².